The summed E-state index contributed by atoms with van der Waals surface area (Å²) in [5.74, 6) is 0. The van der Waals surface area contributed by atoms with Gasteiger partial charge in [0.15, 0.2) is 0 Å². The van der Waals surface area contributed by atoms with Gasteiger partial charge < -0.3 is 5.11 Å². The van der Waals surface area contributed by atoms with Crippen LogP contribution in [-0.2, 0) is 0 Å². The van der Waals surface area contributed by atoms with Crippen molar-refractivity contribution in [2.75, 3.05) is 6.61 Å². The number of aromatic nitrogens is 1. The fraction of sp³-hybridized carbons (Fsp3) is 0.190. The molecule has 1 heterocycles. The summed E-state index contributed by atoms with van der Waals surface area (Å²) in [6, 6.07) is 22.1. The molecule has 122 valence electrons. The van der Waals surface area contributed by atoms with Gasteiger partial charge in [-0.2, -0.15) is 0 Å². The molecule has 0 aliphatic heterocycles. The molecule has 0 saturated heterocycles. The summed E-state index contributed by atoms with van der Waals surface area (Å²) < 4.78 is 0. The van der Waals surface area contributed by atoms with Crippen LogP contribution >= 0.6 is 0 Å². The lowest BCUT2D eigenvalue weighted by Gasteiger charge is -2.24. The van der Waals surface area contributed by atoms with Crippen LogP contribution in [0.2, 0.25) is 0 Å². The summed E-state index contributed by atoms with van der Waals surface area (Å²) >= 11 is 0. The molecule has 2 atom stereocenters. The van der Waals surface area contributed by atoms with Crippen LogP contribution in [0.15, 0.2) is 79.4 Å². The van der Waals surface area contributed by atoms with E-state index in [0.717, 1.165) is 28.6 Å². The van der Waals surface area contributed by atoms with E-state index < -0.39 is 0 Å². The Labute approximate surface area is 142 Å². The third-order valence-electron chi connectivity index (χ3n) is 4.17. The molecule has 2 aromatic carbocycles. The Morgan fingerprint density at radius 2 is 1.71 bits per heavy atom. The second-order valence-electron chi connectivity index (χ2n) is 5.82. The molecule has 3 nitrogen and oxygen atoms in total. The van der Waals surface area contributed by atoms with Gasteiger partial charge in [-0.25, -0.2) is 0 Å². The second-order valence-corrected chi connectivity index (χ2v) is 5.82. The van der Waals surface area contributed by atoms with Gasteiger partial charge in [0.2, 0.25) is 0 Å². The average molecular weight is 318 g/mol. The maximum absolute atomic E-state index is 9.81. The summed E-state index contributed by atoms with van der Waals surface area (Å²) in [7, 11) is 0. The number of para-hydroxylation sites is 1. The Morgan fingerprint density at radius 3 is 2.46 bits per heavy atom. The van der Waals surface area contributed by atoms with Gasteiger partial charge >= 0.3 is 0 Å². The second kappa shape index (κ2) is 7.86. The van der Waals surface area contributed by atoms with Gasteiger partial charge in [-0.05, 0) is 24.1 Å². The van der Waals surface area contributed by atoms with Crippen molar-refractivity contribution in [3.05, 3.63) is 90.6 Å². The molecule has 3 aromatic rings. The molecule has 0 aliphatic rings. The van der Waals surface area contributed by atoms with E-state index in [2.05, 4.69) is 24.0 Å². The van der Waals surface area contributed by atoms with Gasteiger partial charge in [0.05, 0.1) is 29.9 Å². The van der Waals surface area contributed by atoms with E-state index in [1.54, 1.807) is 0 Å². The lowest BCUT2D eigenvalue weighted by molar-refractivity contribution is 0.232. The highest BCUT2D eigenvalue weighted by Crippen LogP contribution is 2.23. The minimum atomic E-state index is -0.135. The number of aliphatic hydroxyl groups is 1. The van der Waals surface area contributed by atoms with Crippen molar-refractivity contribution in [2.45, 2.75) is 18.5 Å². The summed E-state index contributed by atoms with van der Waals surface area (Å²) in [6.45, 7) is 3.90. The number of pyridine rings is 1. The summed E-state index contributed by atoms with van der Waals surface area (Å²) in [4.78, 5) is 4.78. The molecule has 0 radical (unpaired) electrons. The van der Waals surface area contributed by atoms with Crippen molar-refractivity contribution in [3.8, 4) is 0 Å². The summed E-state index contributed by atoms with van der Waals surface area (Å²) in [6.07, 6.45) is 2.63. The van der Waals surface area contributed by atoms with E-state index >= 15 is 0 Å². The Kier molecular flexibility index (Phi) is 5.36. The van der Waals surface area contributed by atoms with Crippen LogP contribution in [0, 0.1) is 0 Å². The first-order valence-electron chi connectivity index (χ1n) is 8.20. The van der Waals surface area contributed by atoms with E-state index in [1.165, 1.54) is 0 Å². The van der Waals surface area contributed by atoms with Crippen LogP contribution in [0.5, 0.6) is 0 Å². The number of fused-ring (bicyclic) bond motifs is 1. The van der Waals surface area contributed by atoms with Gasteiger partial charge in [-0.15, -0.1) is 6.58 Å². The molecule has 3 heteroatoms. The number of hydrogen-bond donors (Lipinski definition) is 2. The van der Waals surface area contributed by atoms with Gasteiger partial charge in [-0.3, -0.25) is 10.3 Å². The molecule has 0 bridgehead atoms. The lowest BCUT2D eigenvalue weighted by Crippen LogP contribution is -2.29. The van der Waals surface area contributed by atoms with Gasteiger partial charge in [0.25, 0.3) is 0 Å². The van der Waals surface area contributed by atoms with E-state index in [-0.39, 0.29) is 18.7 Å². The number of hydrogen-bond acceptors (Lipinski definition) is 3. The standard InChI is InChI=1S/C21H22N2O/c1-2-8-19(23-21(15-24)16-9-4-3-5-10-16)20-14-13-17-11-6-7-12-18(17)22-20/h2-7,9-14,19,21,23-24H,1,8,15H2/t19?,21-/m1/s1. The third kappa shape index (κ3) is 3.70. The number of benzene rings is 2. The maximum atomic E-state index is 9.81. The monoisotopic (exact) mass is 318 g/mol. The van der Waals surface area contributed by atoms with Gasteiger partial charge in [-0.1, -0.05) is 60.7 Å². The van der Waals surface area contributed by atoms with Gasteiger partial charge in [0, 0.05) is 5.39 Å². The van der Waals surface area contributed by atoms with Crippen molar-refractivity contribution >= 4 is 10.9 Å². The zero-order valence-corrected chi connectivity index (χ0v) is 13.6. The molecular weight excluding hydrogens is 296 g/mol. The fourth-order valence-electron chi connectivity index (χ4n) is 2.90. The minimum Gasteiger partial charge on any atom is -0.394 e. The number of aliphatic hydroxyl groups excluding tert-OH is 1. The molecule has 24 heavy (non-hydrogen) atoms. The Bertz CT molecular complexity index is 801. The predicted molar refractivity (Wildman–Crippen MR) is 98.7 cm³/mol. The quantitative estimate of drug-likeness (QED) is 0.643. The number of nitrogens with one attached hydrogen (secondary N) is 1. The minimum absolute atomic E-state index is 0.00413. The average Bonchev–Trinajstić information content (AvgIpc) is 2.65. The van der Waals surface area contributed by atoms with E-state index in [4.69, 9.17) is 4.98 Å². The highest BCUT2D eigenvalue weighted by molar-refractivity contribution is 5.78. The Hall–Kier alpha value is -2.49. The van der Waals surface area contributed by atoms with Crippen LogP contribution in [0.25, 0.3) is 10.9 Å². The van der Waals surface area contributed by atoms with Crippen molar-refractivity contribution in [1.82, 2.24) is 10.3 Å². The molecule has 0 amide bonds. The Morgan fingerprint density at radius 1 is 0.958 bits per heavy atom. The van der Waals surface area contributed by atoms with Crippen molar-refractivity contribution in [2.24, 2.45) is 0 Å². The van der Waals surface area contributed by atoms with Crippen molar-refractivity contribution in [3.63, 3.8) is 0 Å². The van der Waals surface area contributed by atoms with Crippen molar-refractivity contribution in [1.29, 1.82) is 0 Å². The molecular formula is C21H22N2O. The van der Waals surface area contributed by atoms with Crippen molar-refractivity contribution < 1.29 is 5.11 Å². The van der Waals surface area contributed by atoms with E-state index in [0.29, 0.717) is 0 Å². The smallest absolute Gasteiger partial charge is 0.0706 e. The summed E-state index contributed by atoms with van der Waals surface area (Å²) in [5, 5.41) is 14.5. The first kappa shape index (κ1) is 16.4. The normalized spacial score (nSPS) is 13.5. The first-order valence-corrected chi connectivity index (χ1v) is 8.20. The molecule has 3 rings (SSSR count). The van der Waals surface area contributed by atoms with Crippen LogP contribution < -0.4 is 5.32 Å². The fourth-order valence-corrected chi connectivity index (χ4v) is 2.90. The highest BCUT2D eigenvalue weighted by atomic mass is 16.3. The SMILES string of the molecule is C=CCC(N[C@H](CO)c1ccccc1)c1ccc2ccccc2n1. The number of rotatable bonds is 7. The molecule has 0 saturated carbocycles. The predicted octanol–water partition coefficient (Wildman–Crippen LogP) is 4.18. The zero-order valence-electron chi connectivity index (χ0n) is 13.6. The molecule has 1 aromatic heterocycles. The van der Waals surface area contributed by atoms with E-state index in [9.17, 15) is 5.11 Å². The topological polar surface area (TPSA) is 45.1 Å². The van der Waals surface area contributed by atoms with Crippen LogP contribution in [0.4, 0.5) is 0 Å². The first-order chi connectivity index (χ1) is 11.8. The third-order valence-corrected chi connectivity index (χ3v) is 4.17. The summed E-state index contributed by atoms with van der Waals surface area (Å²) in [5.41, 5.74) is 3.00. The molecule has 0 aliphatic carbocycles. The van der Waals surface area contributed by atoms with Crippen LogP contribution in [0.1, 0.15) is 29.8 Å². The zero-order chi connectivity index (χ0) is 16.8. The largest absolute Gasteiger partial charge is 0.394 e. The molecule has 1 unspecified atom stereocenters. The molecule has 0 spiro atoms. The van der Waals surface area contributed by atoms with Gasteiger partial charge in [0.1, 0.15) is 0 Å². The lowest BCUT2D eigenvalue weighted by atomic mass is 10.0. The highest BCUT2D eigenvalue weighted by Gasteiger charge is 2.18. The number of nitrogens with zero attached hydrogens (tertiary/aromatic N) is 1. The molecule has 0 fully saturated rings. The van der Waals surface area contributed by atoms with Crippen LogP contribution in [0.3, 0.4) is 0 Å². The molecule has 2 N–H and O–H groups in total. The van der Waals surface area contributed by atoms with Crippen LogP contribution in [-0.4, -0.2) is 16.7 Å². The Balaban J connectivity index is 1.88. The van der Waals surface area contributed by atoms with E-state index in [1.807, 2.05) is 60.7 Å². The maximum Gasteiger partial charge on any atom is 0.0706 e.